The summed E-state index contributed by atoms with van der Waals surface area (Å²) in [6.07, 6.45) is 3.12. The van der Waals surface area contributed by atoms with Crippen molar-refractivity contribution in [3.63, 3.8) is 0 Å². The van der Waals surface area contributed by atoms with Gasteiger partial charge >= 0.3 is 0 Å². The van der Waals surface area contributed by atoms with E-state index in [1.807, 2.05) is 26.0 Å². The monoisotopic (exact) mass is 241 g/mol. The maximum atomic E-state index is 12.0. The molecule has 1 aliphatic heterocycles. The maximum absolute atomic E-state index is 12.0. The molecule has 0 aliphatic carbocycles. The lowest BCUT2D eigenvalue weighted by atomic mass is 9.90. The first-order chi connectivity index (χ1) is 8.00. The topological polar surface area (TPSA) is 35.6 Å². The molecule has 4 nitrogen and oxygen atoms in total. The Balaban J connectivity index is 2.31. The average molecular weight is 241 g/mol. The van der Waals surface area contributed by atoms with E-state index in [4.69, 9.17) is 0 Å². The second kappa shape index (κ2) is 6.97. The quantitative estimate of drug-likeness (QED) is 0.773. The van der Waals surface area contributed by atoms with Gasteiger partial charge in [-0.2, -0.15) is 0 Å². The third kappa shape index (κ3) is 5.04. The van der Waals surface area contributed by atoms with Gasteiger partial charge in [0, 0.05) is 32.6 Å². The number of rotatable bonds is 5. The summed E-state index contributed by atoms with van der Waals surface area (Å²) in [5.74, 6) is 0.882. The highest BCUT2D eigenvalue weighted by Gasteiger charge is 2.24. The second-order valence-corrected chi connectivity index (χ2v) is 5.50. The molecule has 1 fully saturated rings. The van der Waals surface area contributed by atoms with Crippen LogP contribution in [0, 0.1) is 5.92 Å². The molecule has 0 radical (unpaired) electrons. The summed E-state index contributed by atoms with van der Waals surface area (Å²) >= 11 is 0. The molecule has 1 amide bonds. The van der Waals surface area contributed by atoms with Crippen molar-refractivity contribution in [2.75, 3.05) is 40.8 Å². The van der Waals surface area contributed by atoms with Crippen molar-refractivity contribution in [1.29, 1.82) is 0 Å². The van der Waals surface area contributed by atoms with Crippen LogP contribution in [0.5, 0.6) is 0 Å². The van der Waals surface area contributed by atoms with Crippen LogP contribution in [0.25, 0.3) is 0 Å². The molecule has 1 heterocycles. The number of nitrogens with one attached hydrogen (secondary N) is 1. The van der Waals surface area contributed by atoms with E-state index >= 15 is 0 Å². The normalized spacial score (nSPS) is 25.0. The Bertz CT molecular complexity index is 243. The Labute approximate surface area is 105 Å². The molecule has 2 unspecified atom stereocenters. The number of carbonyl (C=O) groups excluding carboxylic acids is 1. The first kappa shape index (κ1) is 14.5. The fraction of sp³-hybridized carbons (Fsp3) is 0.923. The molecule has 0 bridgehead atoms. The molecule has 0 saturated carbocycles. The molecule has 0 aromatic heterocycles. The zero-order valence-corrected chi connectivity index (χ0v) is 11.7. The van der Waals surface area contributed by atoms with Gasteiger partial charge in [0.05, 0.1) is 0 Å². The number of amides is 1. The number of hydrogen-bond acceptors (Lipinski definition) is 3. The molecule has 2 atom stereocenters. The van der Waals surface area contributed by atoms with Gasteiger partial charge in [0.1, 0.15) is 0 Å². The van der Waals surface area contributed by atoms with Crippen molar-refractivity contribution in [2.24, 2.45) is 5.92 Å². The second-order valence-electron chi connectivity index (χ2n) is 5.50. The Morgan fingerprint density at radius 1 is 1.29 bits per heavy atom. The summed E-state index contributed by atoms with van der Waals surface area (Å²) in [7, 11) is 5.96. The van der Waals surface area contributed by atoms with Gasteiger partial charge in [0.25, 0.3) is 0 Å². The van der Waals surface area contributed by atoms with E-state index in [2.05, 4.69) is 17.1 Å². The third-order valence-corrected chi connectivity index (χ3v) is 3.63. The molecule has 100 valence electrons. The molecule has 0 aromatic rings. The lowest BCUT2D eigenvalue weighted by Crippen LogP contribution is -2.44. The number of likely N-dealkylation sites (N-methyl/N-ethyl adjacent to an activating group) is 2. The summed E-state index contributed by atoms with van der Waals surface area (Å²) in [4.78, 5) is 16.0. The first-order valence-electron chi connectivity index (χ1n) is 6.62. The molecular formula is C13H27N3O. The van der Waals surface area contributed by atoms with Gasteiger partial charge in [0.2, 0.25) is 5.91 Å². The Morgan fingerprint density at radius 3 is 2.59 bits per heavy atom. The van der Waals surface area contributed by atoms with Crippen molar-refractivity contribution in [2.45, 2.75) is 32.2 Å². The van der Waals surface area contributed by atoms with Crippen molar-refractivity contribution < 1.29 is 4.79 Å². The largest absolute Gasteiger partial charge is 0.344 e. The highest BCUT2D eigenvalue weighted by molar-refractivity contribution is 5.76. The minimum Gasteiger partial charge on any atom is -0.344 e. The SMILES string of the molecule is CC1CCCNC1CC(=O)N(C)CCN(C)C. The lowest BCUT2D eigenvalue weighted by Gasteiger charge is -2.31. The van der Waals surface area contributed by atoms with E-state index in [9.17, 15) is 4.79 Å². The van der Waals surface area contributed by atoms with Crippen LogP contribution < -0.4 is 5.32 Å². The summed E-state index contributed by atoms with van der Waals surface area (Å²) in [6.45, 7) is 5.04. The van der Waals surface area contributed by atoms with Gasteiger partial charge in [-0.1, -0.05) is 6.92 Å². The van der Waals surface area contributed by atoms with Crippen LogP contribution in [0.2, 0.25) is 0 Å². The predicted molar refractivity (Wildman–Crippen MR) is 71.0 cm³/mol. The van der Waals surface area contributed by atoms with Crippen LogP contribution in [0.15, 0.2) is 0 Å². The van der Waals surface area contributed by atoms with Gasteiger partial charge in [-0.05, 0) is 39.4 Å². The minimum atomic E-state index is 0.262. The zero-order valence-electron chi connectivity index (χ0n) is 11.7. The molecular weight excluding hydrogens is 214 g/mol. The molecule has 1 rings (SSSR count). The van der Waals surface area contributed by atoms with Crippen LogP contribution in [-0.4, -0.2) is 62.5 Å². The number of nitrogens with zero attached hydrogens (tertiary/aromatic N) is 2. The van der Waals surface area contributed by atoms with E-state index in [0.29, 0.717) is 18.4 Å². The van der Waals surface area contributed by atoms with Crippen molar-refractivity contribution >= 4 is 5.91 Å². The van der Waals surface area contributed by atoms with E-state index in [1.165, 1.54) is 12.8 Å². The highest BCUT2D eigenvalue weighted by Crippen LogP contribution is 2.18. The molecule has 1 aliphatic rings. The van der Waals surface area contributed by atoms with Gasteiger partial charge in [-0.15, -0.1) is 0 Å². The summed E-state index contributed by atoms with van der Waals surface area (Å²) in [5.41, 5.74) is 0. The summed E-state index contributed by atoms with van der Waals surface area (Å²) < 4.78 is 0. The Morgan fingerprint density at radius 2 is 2.00 bits per heavy atom. The van der Waals surface area contributed by atoms with Crippen LogP contribution in [0.4, 0.5) is 0 Å². The van der Waals surface area contributed by atoms with Crippen molar-refractivity contribution in [3.05, 3.63) is 0 Å². The van der Waals surface area contributed by atoms with E-state index in [1.54, 1.807) is 0 Å². The fourth-order valence-corrected chi connectivity index (χ4v) is 2.21. The van der Waals surface area contributed by atoms with Crippen LogP contribution in [0.3, 0.4) is 0 Å². The molecule has 1 saturated heterocycles. The van der Waals surface area contributed by atoms with Crippen molar-refractivity contribution in [3.8, 4) is 0 Å². The van der Waals surface area contributed by atoms with Crippen LogP contribution in [0.1, 0.15) is 26.2 Å². The van der Waals surface area contributed by atoms with Gasteiger partial charge in [-0.25, -0.2) is 0 Å². The van der Waals surface area contributed by atoms with Crippen LogP contribution in [-0.2, 0) is 4.79 Å². The maximum Gasteiger partial charge on any atom is 0.223 e. The number of piperidine rings is 1. The molecule has 0 spiro atoms. The summed E-state index contributed by atoms with van der Waals surface area (Å²) in [6, 6.07) is 0.373. The molecule has 1 N–H and O–H groups in total. The predicted octanol–water partition coefficient (Wildman–Crippen LogP) is 0.785. The van der Waals surface area contributed by atoms with E-state index in [0.717, 1.165) is 19.6 Å². The first-order valence-corrected chi connectivity index (χ1v) is 6.62. The number of carbonyl (C=O) groups is 1. The van der Waals surface area contributed by atoms with Crippen LogP contribution >= 0.6 is 0 Å². The third-order valence-electron chi connectivity index (χ3n) is 3.63. The molecule has 4 heteroatoms. The zero-order chi connectivity index (χ0) is 12.8. The van der Waals surface area contributed by atoms with Crippen molar-refractivity contribution in [1.82, 2.24) is 15.1 Å². The Kier molecular flexibility index (Phi) is 5.92. The van der Waals surface area contributed by atoms with Gasteiger partial charge in [-0.3, -0.25) is 4.79 Å². The Hall–Kier alpha value is -0.610. The average Bonchev–Trinajstić information content (AvgIpc) is 2.28. The van der Waals surface area contributed by atoms with E-state index < -0.39 is 0 Å². The molecule has 0 aromatic carbocycles. The van der Waals surface area contributed by atoms with Gasteiger partial charge < -0.3 is 15.1 Å². The minimum absolute atomic E-state index is 0.262. The smallest absolute Gasteiger partial charge is 0.223 e. The van der Waals surface area contributed by atoms with Gasteiger partial charge in [0.15, 0.2) is 0 Å². The molecule has 17 heavy (non-hydrogen) atoms. The lowest BCUT2D eigenvalue weighted by molar-refractivity contribution is -0.131. The fourth-order valence-electron chi connectivity index (χ4n) is 2.21. The van der Waals surface area contributed by atoms with E-state index in [-0.39, 0.29) is 5.91 Å². The standard InChI is InChI=1S/C13H27N3O/c1-11-6-5-7-14-12(11)10-13(17)16(4)9-8-15(2)3/h11-12,14H,5-10H2,1-4H3. The number of hydrogen-bond donors (Lipinski definition) is 1. The summed E-state index contributed by atoms with van der Waals surface area (Å²) in [5, 5.41) is 3.46. The highest BCUT2D eigenvalue weighted by atomic mass is 16.2.